The Morgan fingerprint density at radius 3 is 2.44 bits per heavy atom. The Kier molecular flexibility index (Phi) is 2.64. The fraction of sp³-hybridized carbons (Fsp3) is 0.455. The zero-order valence-electron chi connectivity index (χ0n) is 9.21. The third-order valence-corrected chi connectivity index (χ3v) is 3.24. The van der Waals surface area contributed by atoms with Crippen LogP contribution in [0.3, 0.4) is 0 Å². The van der Waals surface area contributed by atoms with E-state index in [0.717, 1.165) is 12.8 Å². The average molecular weight is 244 g/mol. The Labute approximate surface area is 98.9 Å². The van der Waals surface area contributed by atoms with Crippen LogP contribution in [0.2, 0.25) is 5.02 Å². The highest BCUT2D eigenvalue weighted by Crippen LogP contribution is 2.53. The first-order chi connectivity index (χ1) is 7.53. The Hall–Kier alpha value is -1.13. The van der Waals surface area contributed by atoms with E-state index < -0.39 is 5.54 Å². The van der Waals surface area contributed by atoms with Crippen molar-refractivity contribution in [2.45, 2.75) is 18.4 Å². The quantitative estimate of drug-likeness (QED) is 0.853. The molecule has 0 unspecified atom stereocenters. The summed E-state index contributed by atoms with van der Waals surface area (Å²) in [4.78, 5) is 0. The minimum Gasteiger partial charge on any atom is -0.507 e. The second kappa shape index (κ2) is 3.71. The summed E-state index contributed by atoms with van der Waals surface area (Å²) >= 11 is 6.18. The molecule has 0 aromatic heterocycles. The van der Waals surface area contributed by atoms with Crippen molar-refractivity contribution >= 4 is 11.6 Å². The van der Waals surface area contributed by atoms with Crippen LogP contribution in [-0.4, -0.2) is 19.3 Å². The highest BCUT2D eigenvalue weighted by atomic mass is 35.5. The smallest absolute Gasteiger partial charge is 0.180 e. The van der Waals surface area contributed by atoms with Crippen molar-refractivity contribution in [3.63, 3.8) is 0 Å². The maximum atomic E-state index is 9.90. The van der Waals surface area contributed by atoms with Crippen LogP contribution >= 0.6 is 11.6 Å². The molecule has 1 aromatic rings. The molecule has 88 valence electrons. The predicted molar refractivity (Wildman–Crippen MR) is 61.3 cm³/mol. The molecule has 1 fully saturated rings. The van der Waals surface area contributed by atoms with Gasteiger partial charge in [-0.1, -0.05) is 11.6 Å². The van der Waals surface area contributed by atoms with Crippen LogP contribution in [0.4, 0.5) is 0 Å². The van der Waals surface area contributed by atoms with Crippen LogP contribution < -0.4 is 15.2 Å². The molecule has 1 aliphatic carbocycles. The number of rotatable bonds is 3. The normalized spacial score (nSPS) is 17.0. The molecule has 0 radical (unpaired) electrons. The number of aromatic hydroxyl groups is 1. The van der Waals surface area contributed by atoms with Gasteiger partial charge in [0, 0.05) is 17.2 Å². The molecule has 4 nitrogen and oxygen atoms in total. The largest absolute Gasteiger partial charge is 0.507 e. The average Bonchev–Trinajstić information content (AvgIpc) is 2.96. The number of methoxy groups -OCH3 is 2. The van der Waals surface area contributed by atoms with Gasteiger partial charge >= 0.3 is 0 Å². The van der Waals surface area contributed by atoms with Gasteiger partial charge < -0.3 is 20.3 Å². The highest BCUT2D eigenvalue weighted by Gasteiger charge is 2.44. The van der Waals surface area contributed by atoms with Crippen LogP contribution in [-0.2, 0) is 5.54 Å². The van der Waals surface area contributed by atoms with E-state index in [4.69, 9.17) is 26.8 Å². The van der Waals surface area contributed by atoms with E-state index in [1.165, 1.54) is 20.3 Å². The summed E-state index contributed by atoms with van der Waals surface area (Å²) in [5.74, 6) is 0.870. The molecule has 0 spiro atoms. The number of phenolic OH excluding ortho intramolecular Hbond substituents is 1. The molecular formula is C11H14ClNO3. The van der Waals surface area contributed by atoms with Gasteiger partial charge in [0.15, 0.2) is 11.5 Å². The summed E-state index contributed by atoms with van der Waals surface area (Å²) in [6.07, 6.45) is 1.63. The topological polar surface area (TPSA) is 64.7 Å². The first-order valence-electron chi connectivity index (χ1n) is 4.96. The van der Waals surface area contributed by atoms with Gasteiger partial charge in [-0.15, -0.1) is 0 Å². The van der Waals surface area contributed by atoms with Crippen molar-refractivity contribution in [1.82, 2.24) is 0 Å². The molecule has 16 heavy (non-hydrogen) atoms. The fourth-order valence-corrected chi connectivity index (χ4v) is 2.25. The lowest BCUT2D eigenvalue weighted by Gasteiger charge is -2.18. The molecule has 3 N–H and O–H groups in total. The summed E-state index contributed by atoms with van der Waals surface area (Å²) < 4.78 is 10.2. The molecule has 1 aromatic carbocycles. The molecule has 1 aliphatic rings. The van der Waals surface area contributed by atoms with Gasteiger partial charge in [-0.3, -0.25) is 0 Å². The molecule has 2 rings (SSSR count). The summed E-state index contributed by atoms with van der Waals surface area (Å²) in [6.45, 7) is 0. The first-order valence-corrected chi connectivity index (χ1v) is 5.34. The van der Waals surface area contributed by atoms with Gasteiger partial charge in [-0.05, 0) is 12.8 Å². The van der Waals surface area contributed by atoms with Crippen LogP contribution in [0.1, 0.15) is 18.4 Å². The van der Waals surface area contributed by atoms with Crippen LogP contribution in [0.5, 0.6) is 17.2 Å². The van der Waals surface area contributed by atoms with Crippen molar-refractivity contribution in [3.05, 3.63) is 16.7 Å². The van der Waals surface area contributed by atoms with E-state index in [1.807, 2.05) is 0 Å². The van der Waals surface area contributed by atoms with E-state index >= 15 is 0 Å². The zero-order valence-corrected chi connectivity index (χ0v) is 9.97. The molecule has 0 bridgehead atoms. The minimum absolute atomic E-state index is 0.0580. The molecular weight excluding hydrogens is 230 g/mol. The molecule has 0 heterocycles. The van der Waals surface area contributed by atoms with Gasteiger partial charge in [-0.25, -0.2) is 0 Å². The summed E-state index contributed by atoms with van der Waals surface area (Å²) in [6, 6.07) is 1.48. The third-order valence-electron chi connectivity index (χ3n) is 2.88. The maximum Gasteiger partial charge on any atom is 0.180 e. The standard InChI is InChI=1S/C11H14ClNO3/c1-15-7-5-6(14)8(11(13)3-4-11)9(12)10(7)16-2/h5,14H,3-4,13H2,1-2H3. The van der Waals surface area contributed by atoms with Gasteiger partial charge in [0.05, 0.1) is 19.2 Å². The Bertz CT molecular complexity index is 430. The van der Waals surface area contributed by atoms with Gasteiger partial charge in [0.2, 0.25) is 0 Å². The SMILES string of the molecule is COc1cc(O)c(C2(N)CC2)c(Cl)c1OC. The summed E-state index contributed by atoms with van der Waals surface area (Å²) in [5, 5.41) is 10.2. The number of hydrogen-bond donors (Lipinski definition) is 2. The molecule has 0 saturated heterocycles. The fourth-order valence-electron chi connectivity index (χ4n) is 1.80. The zero-order chi connectivity index (χ0) is 11.9. The van der Waals surface area contributed by atoms with Crippen molar-refractivity contribution in [2.75, 3.05) is 14.2 Å². The number of ether oxygens (including phenoxy) is 2. The van der Waals surface area contributed by atoms with Crippen LogP contribution in [0.15, 0.2) is 6.07 Å². The molecule has 0 atom stereocenters. The summed E-state index contributed by atoms with van der Waals surface area (Å²) in [5.41, 5.74) is 6.08. The van der Waals surface area contributed by atoms with Crippen molar-refractivity contribution < 1.29 is 14.6 Å². The van der Waals surface area contributed by atoms with Crippen molar-refractivity contribution in [1.29, 1.82) is 0 Å². The Balaban J connectivity index is 2.62. The van der Waals surface area contributed by atoms with Crippen molar-refractivity contribution in [2.24, 2.45) is 5.73 Å². The number of hydrogen-bond acceptors (Lipinski definition) is 4. The van der Waals surface area contributed by atoms with Gasteiger partial charge in [0.1, 0.15) is 5.75 Å². The number of phenols is 1. The second-order valence-corrected chi connectivity index (χ2v) is 4.35. The highest BCUT2D eigenvalue weighted by molar-refractivity contribution is 6.33. The Morgan fingerprint density at radius 1 is 1.38 bits per heavy atom. The lowest BCUT2D eigenvalue weighted by atomic mass is 10.0. The number of benzene rings is 1. The lowest BCUT2D eigenvalue weighted by Crippen LogP contribution is -2.19. The predicted octanol–water partition coefficient (Wildman–Crippen LogP) is 2.01. The van der Waals surface area contributed by atoms with E-state index in [9.17, 15) is 5.11 Å². The summed E-state index contributed by atoms with van der Waals surface area (Å²) in [7, 11) is 2.99. The monoisotopic (exact) mass is 243 g/mol. The molecule has 5 heteroatoms. The van der Waals surface area contributed by atoms with Crippen molar-refractivity contribution in [3.8, 4) is 17.2 Å². The van der Waals surface area contributed by atoms with Crippen LogP contribution in [0, 0.1) is 0 Å². The van der Waals surface area contributed by atoms with Crippen LogP contribution in [0.25, 0.3) is 0 Å². The van der Waals surface area contributed by atoms with E-state index in [2.05, 4.69) is 0 Å². The lowest BCUT2D eigenvalue weighted by molar-refractivity contribution is 0.349. The first kappa shape index (κ1) is 11.4. The third kappa shape index (κ3) is 1.58. The molecule has 0 aliphatic heterocycles. The van der Waals surface area contributed by atoms with Gasteiger partial charge in [-0.2, -0.15) is 0 Å². The van der Waals surface area contributed by atoms with E-state index in [1.54, 1.807) is 0 Å². The van der Waals surface area contributed by atoms with E-state index in [-0.39, 0.29) is 5.75 Å². The minimum atomic E-state index is -0.513. The van der Waals surface area contributed by atoms with Gasteiger partial charge in [0.25, 0.3) is 0 Å². The Morgan fingerprint density at radius 2 is 2.00 bits per heavy atom. The van der Waals surface area contributed by atoms with E-state index in [0.29, 0.717) is 22.1 Å². The maximum absolute atomic E-state index is 9.90. The molecule has 1 saturated carbocycles. The number of halogens is 1. The number of nitrogens with two attached hydrogens (primary N) is 1. The second-order valence-electron chi connectivity index (χ2n) is 3.98. The molecule has 0 amide bonds.